The van der Waals surface area contributed by atoms with Crippen molar-refractivity contribution in [2.24, 2.45) is 0 Å². The highest BCUT2D eigenvalue weighted by molar-refractivity contribution is 5.03. The predicted octanol–water partition coefficient (Wildman–Crippen LogP) is 1.12. The fourth-order valence-corrected chi connectivity index (χ4v) is 1.06. The number of rotatable bonds is 2. The van der Waals surface area contributed by atoms with Crippen LogP contribution in [-0.2, 0) is 0 Å². The number of nitrogens with zero attached hydrogens (tertiary/aromatic N) is 1. The molecule has 0 unspecified atom stereocenters. The van der Waals surface area contributed by atoms with Crippen molar-refractivity contribution in [1.82, 2.24) is 10.4 Å². The molecule has 0 radical (unpaired) electrons. The van der Waals surface area contributed by atoms with Crippen molar-refractivity contribution in [3.8, 4) is 0 Å². The minimum absolute atomic E-state index is 1.22. The van der Waals surface area contributed by atoms with E-state index in [1.807, 2.05) is 19.1 Å². The van der Waals surface area contributed by atoms with Gasteiger partial charge in [-0.3, -0.25) is 0 Å². The van der Waals surface area contributed by atoms with Crippen molar-refractivity contribution < 1.29 is 0 Å². The number of hydrazine groups is 1. The summed E-state index contributed by atoms with van der Waals surface area (Å²) >= 11 is 0. The van der Waals surface area contributed by atoms with Gasteiger partial charge in [-0.25, -0.2) is 5.01 Å². The fourth-order valence-electron chi connectivity index (χ4n) is 1.06. The summed E-state index contributed by atoms with van der Waals surface area (Å²) in [6.07, 6.45) is 6.05. The van der Waals surface area contributed by atoms with Gasteiger partial charge in [0.1, 0.15) is 0 Å². The Bertz CT molecular complexity index is 116. The summed E-state index contributed by atoms with van der Waals surface area (Å²) in [7, 11) is 4.03. The number of hydrogen-bond acceptors (Lipinski definition) is 2. The number of hydrogen-bond donors (Lipinski definition) is 1. The standard InChI is InChI=1S/C7H14N2/c1-9(2)8-7-5-3-4-6-7/h5,8H,3-4,6H2,1-2H3. The molecule has 0 heterocycles. The van der Waals surface area contributed by atoms with E-state index in [1.54, 1.807) is 0 Å². The molecule has 0 aromatic heterocycles. The molecular formula is C7H14N2. The van der Waals surface area contributed by atoms with Crippen LogP contribution in [0.5, 0.6) is 0 Å². The van der Waals surface area contributed by atoms with Gasteiger partial charge in [0.2, 0.25) is 0 Å². The first-order valence-electron chi connectivity index (χ1n) is 3.42. The molecule has 0 aromatic rings. The maximum absolute atomic E-state index is 3.24. The molecule has 0 atom stereocenters. The smallest absolute Gasteiger partial charge is 0.0224 e. The largest absolute Gasteiger partial charge is 0.324 e. The van der Waals surface area contributed by atoms with Crippen molar-refractivity contribution in [3.05, 3.63) is 11.8 Å². The zero-order chi connectivity index (χ0) is 6.69. The lowest BCUT2D eigenvalue weighted by molar-refractivity contribution is 0.324. The van der Waals surface area contributed by atoms with Crippen molar-refractivity contribution in [2.45, 2.75) is 19.3 Å². The maximum Gasteiger partial charge on any atom is 0.0224 e. The van der Waals surface area contributed by atoms with Gasteiger partial charge in [-0.15, -0.1) is 0 Å². The molecule has 0 spiro atoms. The lowest BCUT2D eigenvalue weighted by Crippen LogP contribution is -2.28. The summed E-state index contributed by atoms with van der Waals surface area (Å²) < 4.78 is 0. The highest BCUT2D eigenvalue weighted by atomic mass is 15.5. The summed E-state index contributed by atoms with van der Waals surface area (Å²) in [5.74, 6) is 0. The molecule has 1 aliphatic carbocycles. The van der Waals surface area contributed by atoms with E-state index in [1.165, 1.54) is 25.0 Å². The van der Waals surface area contributed by atoms with Crippen molar-refractivity contribution >= 4 is 0 Å². The Labute approximate surface area is 56.5 Å². The molecule has 52 valence electrons. The number of nitrogens with one attached hydrogen (secondary N) is 1. The first kappa shape index (κ1) is 6.62. The quantitative estimate of drug-likeness (QED) is 0.558. The second-order valence-corrected chi connectivity index (χ2v) is 2.63. The Morgan fingerprint density at radius 2 is 2.33 bits per heavy atom. The van der Waals surface area contributed by atoms with Crippen molar-refractivity contribution in [2.75, 3.05) is 14.1 Å². The molecule has 2 nitrogen and oxygen atoms in total. The lowest BCUT2D eigenvalue weighted by Gasteiger charge is -2.13. The van der Waals surface area contributed by atoms with E-state index in [9.17, 15) is 0 Å². The van der Waals surface area contributed by atoms with Crippen LogP contribution in [-0.4, -0.2) is 19.1 Å². The van der Waals surface area contributed by atoms with Crippen LogP contribution >= 0.6 is 0 Å². The molecule has 0 fully saturated rings. The van der Waals surface area contributed by atoms with Crippen molar-refractivity contribution in [3.63, 3.8) is 0 Å². The van der Waals surface area contributed by atoms with Crippen LogP contribution < -0.4 is 5.43 Å². The van der Waals surface area contributed by atoms with Gasteiger partial charge in [-0.05, 0) is 19.3 Å². The highest BCUT2D eigenvalue weighted by Gasteiger charge is 2.02. The van der Waals surface area contributed by atoms with E-state index in [-0.39, 0.29) is 0 Å². The molecule has 1 rings (SSSR count). The van der Waals surface area contributed by atoms with Crippen molar-refractivity contribution in [1.29, 1.82) is 0 Å². The summed E-state index contributed by atoms with van der Waals surface area (Å²) in [5, 5.41) is 1.98. The zero-order valence-corrected chi connectivity index (χ0v) is 6.15. The Kier molecular flexibility index (Phi) is 2.11. The van der Waals surface area contributed by atoms with E-state index in [0.717, 1.165) is 0 Å². The molecule has 0 saturated carbocycles. The van der Waals surface area contributed by atoms with Crippen LogP contribution in [0.3, 0.4) is 0 Å². The molecule has 9 heavy (non-hydrogen) atoms. The molecular weight excluding hydrogens is 112 g/mol. The summed E-state index contributed by atoms with van der Waals surface area (Å²) in [6.45, 7) is 0. The Morgan fingerprint density at radius 3 is 2.78 bits per heavy atom. The van der Waals surface area contributed by atoms with Gasteiger partial charge in [0, 0.05) is 19.8 Å². The minimum Gasteiger partial charge on any atom is -0.324 e. The summed E-state index contributed by atoms with van der Waals surface area (Å²) in [4.78, 5) is 0. The first-order chi connectivity index (χ1) is 4.29. The van der Waals surface area contributed by atoms with E-state index in [2.05, 4.69) is 11.5 Å². The van der Waals surface area contributed by atoms with Gasteiger partial charge in [0.15, 0.2) is 0 Å². The van der Waals surface area contributed by atoms with Crippen LogP contribution in [0.2, 0.25) is 0 Å². The normalized spacial score (nSPS) is 18.3. The Balaban J connectivity index is 2.26. The van der Waals surface area contributed by atoms with Crippen LogP contribution in [0.15, 0.2) is 11.8 Å². The van der Waals surface area contributed by atoms with Gasteiger partial charge < -0.3 is 5.43 Å². The summed E-state index contributed by atoms with van der Waals surface area (Å²) in [5.41, 5.74) is 4.61. The second kappa shape index (κ2) is 2.87. The minimum atomic E-state index is 1.22. The Hall–Kier alpha value is -0.500. The second-order valence-electron chi connectivity index (χ2n) is 2.63. The molecule has 1 aliphatic rings. The average molecular weight is 126 g/mol. The van der Waals surface area contributed by atoms with Gasteiger partial charge in [-0.2, -0.15) is 0 Å². The SMILES string of the molecule is CN(C)NC1=CCCC1. The van der Waals surface area contributed by atoms with Crippen LogP contribution in [0.25, 0.3) is 0 Å². The first-order valence-corrected chi connectivity index (χ1v) is 3.42. The van der Waals surface area contributed by atoms with Gasteiger partial charge in [-0.1, -0.05) is 6.08 Å². The van der Waals surface area contributed by atoms with Gasteiger partial charge in [0.05, 0.1) is 0 Å². The molecule has 0 aliphatic heterocycles. The summed E-state index contributed by atoms with van der Waals surface area (Å²) in [6, 6.07) is 0. The lowest BCUT2D eigenvalue weighted by atomic mass is 10.3. The highest BCUT2D eigenvalue weighted by Crippen LogP contribution is 2.14. The predicted molar refractivity (Wildman–Crippen MR) is 38.8 cm³/mol. The van der Waals surface area contributed by atoms with Crippen LogP contribution in [0.1, 0.15) is 19.3 Å². The third-order valence-corrected chi connectivity index (χ3v) is 1.41. The van der Waals surface area contributed by atoms with Gasteiger partial charge in [0.25, 0.3) is 0 Å². The zero-order valence-electron chi connectivity index (χ0n) is 6.15. The van der Waals surface area contributed by atoms with E-state index >= 15 is 0 Å². The van der Waals surface area contributed by atoms with E-state index in [0.29, 0.717) is 0 Å². The molecule has 0 bridgehead atoms. The number of allylic oxidation sites excluding steroid dienone is 2. The van der Waals surface area contributed by atoms with Crippen LogP contribution in [0, 0.1) is 0 Å². The molecule has 1 N–H and O–H groups in total. The average Bonchev–Trinajstić information content (AvgIpc) is 2.15. The van der Waals surface area contributed by atoms with Gasteiger partial charge >= 0.3 is 0 Å². The fraction of sp³-hybridized carbons (Fsp3) is 0.714. The third-order valence-electron chi connectivity index (χ3n) is 1.41. The third kappa shape index (κ3) is 2.06. The molecule has 0 amide bonds. The topological polar surface area (TPSA) is 15.3 Å². The molecule has 2 heteroatoms. The van der Waals surface area contributed by atoms with E-state index in [4.69, 9.17) is 0 Å². The molecule has 0 aromatic carbocycles. The van der Waals surface area contributed by atoms with Crippen LogP contribution in [0.4, 0.5) is 0 Å². The molecule has 0 saturated heterocycles. The monoisotopic (exact) mass is 126 g/mol. The maximum atomic E-state index is 3.24. The van der Waals surface area contributed by atoms with E-state index < -0.39 is 0 Å². The Morgan fingerprint density at radius 1 is 1.56 bits per heavy atom.